The van der Waals surface area contributed by atoms with Crippen LogP contribution in [0.2, 0.25) is 0 Å². The van der Waals surface area contributed by atoms with E-state index in [0.29, 0.717) is 0 Å². The molecule has 90 valence electrons. The molecular weight excluding hydrogens is 242 g/mol. The summed E-state index contributed by atoms with van der Waals surface area (Å²) < 4.78 is 6.48. The van der Waals surface area contributed by atoms with Crippen molar-refractivity contribution in [1.82, 2.24) is 4.98 Å². The standard InChI is InChI=1S/C15H13NOS/c1-10-5-3-8-13-14(10)16-15(18-13)11-6-4-7-12(9-11)17-2/h3-9H,1-2H3. The van der Waals surface area contributed by atoms with Gasteiger partial charge in [0.05, 0.1) is 17.3 Å². The largest absolute Gasteiger partial charge is 0.497 e. The van der Waals surface area contributed by atoms with E-state index in [9.17, 15) is 0 Å². The molecule has 3 aromatic rings. The number of hydrogen-bond donors (Lipinski definition) is 0. The van der Waals surface area contributed by atoms with Crippen LogP contribution in [0.5, 0.6) is 5.75 Å². The van der Waals surface area contributed by atoms with Gasteiger partial charge in [0, 0.05) is 5.56 Å². The van der Waals surface area contributed by atoms with Gasteiger partial charge in [-0.05, 0) is 30.7 Å². The van der Waals surface area contributed by atoms with Crippen LogP contribution in [0, 0.1) is 6.92 Å². The van der Waals surface area contributed by atoms with E-state index in [1.165, 1.54) is 10.3 Å². The summed E-state index contributed by atoms with van der Waals surface area (Å²) in [5.74, 6) is 0.864. The fraction of sp³-hybridized carbons (Fsp3) is 0.133. The molecular formula is C15H13NOS. The summed E-state index contributed by atoms with van der Waals surface area (Å²) in [5, 5.41) is 1.04. The number of aromatic nitrogens is 1. The highest BCUT2D eigenvalue weighted by atomic mass is 32.1. The van der Waals surface area contributed by atoms with Crippen molar-refractivity contribution >= 4 is 21.6 Å². The van der Waals surface area contributed by atoms with Crippen molar-refractivity contribution < 1.29 is 4.74 Å². The number of para-hydroxylation sites is 1. The zero-order valence-electron chi connectivity index (χ0n) is 10.3. The number of hydrogen-bond acceptors (Lipinski definition) is 3. The number of nitrogens with zero attached hydrogens (tertiary/aromatic N) is 1. The summed E-state index contributed by atoms with van der Waals surface area (Å²) in [6, 6.07) is 14.3. The SMILES string of the molecule is COc1cccc(-c2nc3c(C)cccc3s2)c1. The molecule has 0 saturated heterocycles. The Kier molecular flexibility index (Phi) is 2.76. The average molecular weight is 255 g/mol. The fourth-order valence-corrected chi connectivity index (χ4v) is 3.01. The average Bonchev–Trinajstić information content (AvgIpc) is 2.84. The van der Waals surface area contributed by atoms with Gasteiger partial charge >= 0.3 is 0 Å². The molecule has 3 heteroatoms. The molecule has 0 aliphatic rings. The van der Waals surface area contributed by atoms with Crippen LogP contribution < -0.4 is 4.74 Å². The molecule has 1 heterocycles. The van der Waals surface area contributed by atoms with Crippen molar-refractivity contribution in [3.05, 3.63) is 48.0 Å². The first-order valence-electron chi connectivity index (χ1n) is 5.78. The van der Waals surface area contributed by atoms with Crippen molar-refractivity contribution in [3.63, 3.8) is 0 Å². The summed E-state index contributed by atoms with van der Waals surface area (Å²) in [4.78, 5) is 4.72. The van der Waals surface area contributed by atoms with Gasteiger partial charge < -0.3 is 4.74 Å². The third kappa shape index (κ3) is 1.87. The highest BCUT2D eigenvalue weighted by molar-refractivity contribution is 7.21. The highest BCUT2D eigenvalue weighted by Gasteiger charge is 2.08. The van der Waals surface area contributed by atoms with E-state index < -0.39 is 0 Å². The van der Waals surface area contributed by atoms with Gasteiger partial charge in [-0.3, -0.25) is 0 Å². The third-order valence-corrected chi connectivity index (χ3v) is 4.01. The van der Waals surface area contributed by atoms with E-state index in [-0.39, 0.29) is 0 Å². The van der Waals surface area contributed by atoms with E-state index in [4.69, 9.17) is 9.72 Å². The smallest absolute Gasteiger partial charge is 0.124 e. The monoisotopic (exact) mass is 255 g/mol. The van der Waals surface area contributed by atoms with Gasteiger partial charge in [-0.2, -0.15) is 0 Å². The van der Waals surface area contributed by atoms with Gasteiger partial charge in [0.25, 0.3) is 0 Å². The second-order valence-electron chi connectivity index (χ2n) is 4.17. The molecule has 18 heavy (non-hydrogen) atoms. The Morgan fingerprint density at radius 1 is 1.11 bits per heavy atom. The van der Waals surface area contributed by atoms with Crippen LogP contribution in [-0.4, -0.2) is 12.1 Å². The molecule has 0 radical (unpaired) electrons. The molecule has 2 nitrogen and oxygen atoms in total. The quantitative estimate of drug-likeness (QED) is 0.682. The Morgan fingerprint density at radius 2 is 1.94 bits per heavy atom. The molecule has 0 N–H and O–H groups in total. The minimum absolute atomic E-state index is 0.864. The van der Waals surface area contributed by atoms with Gasteiger partial charge in [0.15, 0.2) is 0 Å². The van der Waals surface area contributed by atoms with Gasteiger partial charge in [-0.15, -0.1) is 11.3 Å². The predicted molar refractivity (Wildman–Crippen MR) is 76.3 cm³/mol. The molecule has 0 amide bonds. The Morgan fingerprint density at radius 3 is 2.72 bits per heavy atom. The minimum atomic E-state index is 0.864. The van der Waals surface area contributed by atoms with Crippen LogP contribution in [-0.2, 0) is 0 Å². The normalized spacial score (nSPS) is 10.8. The van der Waals surface area contributed by atoms with Crippen LogP contribution in [0.3, 0.4) is 0 Å². The Bertz CT molecular complexity index is 703. The molecule has 3 rings (SSSR count). The van der Waals surface area contributed by atoms with Crippen molar-refractivity contribution in [3.8, 4) is 16.3 Å². The maximum atomic E-state index is 5.25. The highest BCUT2D eigenvalue weighted by Crippen LogP contribution is 2.32. The van der Waals surface area contributed by atoms with E-state index in [1.54, 1.807) is 18.4 Å². The van der Waals surface area contributed by atoms with E-state index in [2.05, 4.69) is 31.2 Å². The number of fused-ring (bicyclic) bond motifs is 1. The van der Waals surface area contributed by atoms with Gasteiger partial charge in [-0.1, -0.05) is 24.3 Å². The lowest BCUT2D eigenvalue weighted by Gasteiger charge is -2.00. The number of thiazole rings is 1. The second kappa shape index (κ2) is 4.42. The third-order valence-electron chi connectivity index (χ3n) is 2.94. The Labute approximate surface area is 110 Å². The lowest BCUT2D eigenvalue weighted by atomic mass is 10.2. The lowest BCUT2D eigenvalue weighted by molar-refractivity contribution is 0.415. The van der Waals surface area contributed by atoms with Crippen LogP contribution in [0.4, 0.5) is 0 Å². The van der Waals surface area contributed by atoms with Crippen molar-refractivity contribution in [2.45, 2.75) is 6.92 Å². The Hall–Kier alpha value is -1.87. The first-order chi connectivity index (χ1) is 8.78. The molecule has 1 aromatic heterocycles. The first-order valence-corrected chi connectivity index (χ1v) is 6.60. The summed E-state index contributed by atoms with van der Waals surface area (Å²) in [6.45, 7) is 2.09. The van der Waals surface area contributed by atoms with Crippen molar-refractivity contribution in [2.24, 2.45) is 0 Å². The first kappa shape index (κ1) is 11.2. The summed E-state index contributed by atoms with van der Waals surface area (Å²) >= 11 is 1.72. The topological polar surface area (TPSA) is 22.1 Å². The predicted octanol–water partition coefficient (Wildman–Crippen LogP) is 4.28. The van der Waals surface area contributed by atoms with Gasteiger partial charge in [-0.25, -0.2) is 4.98 Å². The van der Waals surface area contributed by atoms with Crippen molar-refractivity contribution in [2.75, 3.05) is 7.11 Å². The van der Waals surface area contributed by atoms with E-state index in [0.717, 1.165) is 21.8 Å². The van der Waals surface area contributed by atoms with Crippen LogP contribution in [0.15, 0.2) is 42.5 Å². The molecule has 0 fully saturated rings. The minimum Gasteiger partial charge on any atom is -0.497 e. The molecule has 0 bridgehead atoms. The van der Waals surface area contributed by atoms with Gasteiger partial charge in [0.2, 0.25) is 0 Å². The van der Waals surface area contributed by atoms with E-state index in [1.807, 2.05) is 18.2 Å². The van der Waals surface area contributed by atoms with Crippen molar-refractivity contribution in [1.29, 1.82) is 0 Å². The molecule has 0 unspecified atom stereocenters. The number of ether oxygens (including phenoxy) is 1. The summed E-state index contributed by atoms with van der Waals surface area (Å²) in [5.41, 5.74) is 3.42. The number of methoxy groups -OCH3 is 1. The van der Waals surface area contributed by atoms with Crippen LogP contribution in [0.25, 0.3) is 20.8 Å². The van der Waals surface area contributed by atoms with Gasteiger partial charge in [0.1, 0.15) is 10.8 Å². The maximum Gasteiger partial charge on any atom is 0.124 e. The van der Waals surface area contributed by atoms with Crippen LogP contribution in [0.1, 0.15) is 5.56 Å². The molecule has 0 spiro atoms. The zero-order valence-corrected chi connectivity index (χ0v) is 11.1. The summed E-state index contributed by atoms with van der Waals surface area (Å²) in [6.07, 6.45) is 0. The maximum absolute atomic E-state index is 5.25. The molecule has 0 aliphatic heterocycles. The fourth-order valence-electron chi connectivity index (χ4n) is 1.97. The number of aryl methyl sites for hydroxylation is 1. The molecule has 0 aliphatic carbocycles. The van der Waals surface area contributed by atoms with E-state index >= 15 is 0 Å². The molecule has 0 saturated carbocycles. The van der Waals surface area contributed by atoms with Crippen LogP contribution >= 0.6 is 11.3 Å². The number of benzene rings is 2. The summed E-state index contributed by atoms with van der Waals surface area (Å²) in [7, 11) is 1.68. The lowest BCUT2D eigenvalue weighted by Crippen LogP contribution is -1.83. The second-order valence-corrected chi connectivity index (χ2v) is 5.20. The zero-order chi connectivity index (χ0) is 12.5. The molecule has 0 atom stereocenters. The Balaban J connectivity index is 2.16. The number of rotatable bonds is 2. The molecule has 2 aromatic carbocycles.